The molecule has 1 amide bonds. The van der Waals surface area contributed by atoms with E-state index in [1.807, 2.05) is 0 Å². The molecule has 1 aliphatic carbocycles. The highest BCUT2D eigenvalue weighted by atomic mass is 16.5. The summed E-state index contributed by atoms with van der Waals surface area (Å²) in [6.07, 6.45) is 1.60. The van der Waals surface area contributed by atoms with Gasteiger partial charge < -0.3 is 10.1 Å². The van der Waals surface area contributed by atoms with Gasteiger partial charge in [0.15, 0.2) is 5.60 Å². The van der Waals surface area contributed by atoms with Gasteiger partial charge in [0.1, 0.15) is 5.75 Å². The third-order valence-corrected chi connectivity index (χ3v) is 2.97. The summed E-state index contributed by atoms with van der Waals surface area (Å²) in [5.41, 5.74) is 0.736. The van der Waals surface area contributed by atoms with E-state index in [1.165, 1.54) is 6.92 Å². The number of fused-ring (bicyclic) bond motifs is 1. The number of ether oxygens (including phenoxy) is 1. The van der Waals surface area contributed by atoms with Gasteiger partial charge in [-0.15, -0.1) is 0 Å². The smallest absolute Gasteiger partial charge is 0.221 e. The fourth-order valence-corrected chi connectivity index (χ4v) is 2.02. The number of amides is 1. The second-order valence-electron chi connectivity index (χ2n) is 4.32. The summed E-state index contributed by atoms with van der Waals surface area (Å²) in [5.74, 6) is 0.538. The molecule has 4 heteroatoms. The minimum Gasteiger partial charge on any atom is -0.478 e. The van der Waals surface area contributed by atoms with Crippen LogP contribution in [0.3, 0.4) is 0 Å². The molecule has 1 heterocycles. The average molecular weight is 217 g/mol. The molecule has 4 nitrogen and oxygen atoms in total. The molecule has 82 valence electrons. The van der Waals surface area contributed by atoms with Gasteiger partial charge in [-0.25, -0.2) is 0 Å². The molecular formula is C12H11NO3. The Balaban J connectivity index is 1.96. The molecule has 0 unspecified atom stereocenters. The summed E-state index contributed by atoms with van der Waals surface area (Å²) < 4.78 is 5.64. The van der Waals surface area contributed by atoms with Crippen LogP contribution in [0.2, 0.25) is 0 Å². The van der Waals surface area contributed by atoms with Crippen molar-refractivity contribution in [2.45, 2.75) is 25.4 Å². The Morgan fingerprint density at radius 1 is 1.44 bits per heavy atom. The van der Waals surface area contributed by atoms with Crippen molar-refractivity contribution in [3.8, 4) is 5.75 Å². The van der Waals surface area contributed by atoms with E-state index in [1.54, 1.807) is 18.2 Å². The molecule has 0 atom stereocenters. The molecule has 1 aromatic rings. The van der Waals surface area contributed by atoms with Crippen LogP contribution in [0.25, 0.3) is 0 Å². The van der Waals surface area contributed by atoms with E-state index in [0.717, 1.165) is 12.8 Å². The van der Waals surface area contributed by atoms with E-state index in [0.29, 0.717) is 17.0 Å². The second kappa shape index (κ2) is 2.84. The van der Waals surface area contributed by atoms with E-state index in [2.05, 4.69) is 5.32 Å². The lowest BCUT2D eigenvalue weighted by Gasteiger charge is -2.05. The van der Waals surface area contributed by atoms with Crippen LogP contribution in [0.5, 0.6) is 5.75 Å². The van der Waals surface area contributed by atoms with Crippen LogP contribution >= 0.6 is 0 Å². The second-order valence-corrected chi connectivity index (χ2v) is 4.32. The van der Waals surface area contributed by atoms with E-state index >= 15 is 0 Å². The van der Waals surface area contributed by atoms with Crippen molar-refractivity contribution in [3.05, 3.63) is 23.8 Å². The summed E-state index contributed by atoms with van der Waals surface area (Å²) in [6, 6.07) is 5.15. The highest BCUT2D eigenvalue weighted by Crippen LogP contribution is 2.50. The molecule has 0 saturated heterocycles. The van der Waals surface area contributed by atoms with Crippen molar-refractivity contribution < 1.29 is 14.3 Å². The molecule has 1 spiro atoms. The number of Topliss-reactive ketones (excluding diaryl/α,β-unsaturated/α-hetero) is 1. The van der Waals surface area contributed by atoms with E-state index in [4.69, 9.17) is 4.74 Å². The Morgan fingerprint density at radius 3 is 2.81 bits per heavy atom. The standard InChI is InChI=1S/C12H11NO3/c1-7(14)13-8-2-3-9-10(6-8)16-12(4-5-12)11(9)15/h2-3,6H,4-5H2,1H3,(H,13,14). The molecule has 1 aliphatic heterocycles. The predicted molar refractivity (Wildman–Crippen MR) is 57.7 cm³/mol. The minimum atomic E-state index is -0.558. The highest BCUT2D eigenvalue weighted by Gasteiger charge is 2.57. The van der Waals surface area contributed by atoms with Crippen LogP contribution in [0.4, 0.5) is 5.69 Å². The first-order valence-electron chi connectivity index (χ1n) is 5.26. The van der Waals surface area contributed by atoms with E-state index < -0.39 is 5.60 Å². The molecule has 0 radical (unpaired) electrons. The zero-order valence-corrected chi connectivity index (χ0v) is 8.87. The molecular weight excluding hydrogens is 206 g/mol. The van der Waals surface area contributed by atoms with Gasteiger partial charge in [0, 0.05) is 18.7 Å². The largest absolute Gasteiger partial charge is 0.478 e. The van der Waals surface area contributed by atoms with Crippen LogP contribution < -0.4 is 10.1 Å². The average Bonchev–Trinajstić information content (AvgIpc) is 2.91. The lowest BCUT2D eigenvalue weighted by Crippen LogP contribution is -2.21. The topological polar surface area (TPSA) is 55.4 Å². The number of ketones is 1. The maximum absolute atomic E-state index is 11.9. The van der Waals surface area contributed by atoms with Crippen LogP contribution in [-0.4, -0.2) is 17.3 Å². The molecule has 16 heavy (non-hydrogen) atoms. The maximum atomic E-state index is 11.9. The monoisotopic (exact) mass is 217 g/mol. The van der Waals surface area contributed by atoms with Crippen LogP contribution in [0, 0.1) is 0 Å². The van der Waals surface area contributed by atoms with E-state index in [-0.39, 0.29) is 11.7 Å². The van der Waals surface area contributed by atoms with Crippen molar-refractivity contribution in [1.82, 2.24) is 0 Å². The van der Waals surface area contributed by atoms with E-state index in [9.17, 15) is 9.59 Å². The van der Waals surface area contributed by atoms with Gasteiger partial charge in [-0.1, -0.05) is 0 Å². The fraction of sp³-hybridized carbons (Fsp3) is 0.333. The lowest BCUT2D eigenvalue weighted by molar-refractivity contribution is -0.114. The Kier molecular flexibility index (Phi) is 1.67. The maximum Gasteiger partial charge on any atom is 0.221 e. The van der Waals surface area contributed by atoms with Crippen molar-refractivity contribution in [3.63, 3.8) is 0 Å². The first-order chi connectivity index (χ1) is 7.61. The fourth-order valence-electron chi connectivity index (χ4n) is 2.02. The van der Waals surface area contributed by atoms with Crippen LogP contribution in [-0.2, 0) is 4.79 Å². The Bertz CT molecular complexity index is 503. The molecule has 1 saturated carbocycles. The summed E-state index contributed by atoms with van der Waals surface area (Å²) in [5, 5.41) is 2.67. The van der Waals surface area contributed by atoms with Gasteiger partial charge in [-0.2, -0.15) is 0 Å². The van der Waals surface area contributed by atoms with Gasteiger partial charge in [0.25, 0.3) is 0 Å². The normalized spacial score (nSPS) is 19.2. The third-order valence-electron chi connectivity index (χ3n) is 2.97. The molecule has 3 rings (SSSR count). The Morgan fingerprint density at radius 2 is 2.19 bits per heavy atom. The number of hydrogen-bond acceptors (Lipinski definition) is 3. The van der Waals surface area contributed by atoms with Crippen molar-refractivity contribution in [2.24, 2.45) is 0 Å². The van der Waals surface area contributed by atoms with Gasteiger partial charge in [-0.3, -0.25) is 9.59 Å². The number of carbonyl (C=O) groups is 2. The lowest BCUT2D eigenvalue weighted by atomic mass is 10.1. The number of rotatable bonds is 1. The first kappa shape index (κ1) is 9.39. The van der Waals surface area contributed by atoms with Gasteiger partial charge in [0.05, 0.1) is 5.56 Å². The molecule has 1 N–H and O–H groups in total. The van der Waals surface area contributed by atoms with Crippen molar-refractivity contribution >= 4 is 17.4 Å². The molecule has 2 aliphatic rings. The van der Waals surface area contributed by atoms with Gasteiger partial charge in [-0.05, 0) is 25.0 Å². The Labute approximate surface area is 92.6 Å². The number of hydrogen-bond donors (Lipinski definition) is 1. The predicted octanol–water partition coefficient (Wildman–Crippen LogP) is 1.75. The zero-order valence-electron chi connectivity index (χ0n) is 8.87. The van der Waals surface area contributed by atoms with Crippen LogP contribution in [0.15, 0.2) is 18.2 Å². The first-order valence-corrected chi connectivity index (χ1v) is 5.26. The summed E-state index contributed by atoms with van der Waals surface area (Å²) in [6.45, 7) is 1.45. The molecule has 1 aromatic carbocycles. The molecule has 1 fully saturated rings. The Hall–Kier alpha value is -1.84. The highest BCUT2D eigenvalue weighted by molar-refractivity contribution is 6.09. The van der Waals surface area contributed by atoms with Crippen molar-refractivity contribution in [1.29, 1.82) is 0 Å². The molecule has 0 bridgehead atoms. The number of nitrogens with one attached hydrogen (secondary N) is 1. The van der Waals surface area contributed by atoms with Gasteiger partial charge >= 0.3 is 0 Å². The number of carbonyl (C=O) groups excluding carboxylic acids is 2. The minimum absolute atomic E-state index is 0.0804. The third kappa shape index (κ3) is 1.23. The summed E-state index contributed by atoms with van der Waals surface area (Å²) >= 11 is 0. The zero-order chi connectivity index (χ0) is 11.3. The van der Waals surface area contributed by atoms with Crippen LogP contribution in [0.1, 0.15) is 30.1 Å². The number of benzene rings is 1. The van der Waals surface area contributed by atoms with Gasteiger partial charge in [0.2, 0.25) is 11.7 Å². The summed E-state index contributed by atoms with van der Waals surface area (Å²) in [4.78, 5) is 22.8. The SMILES string of the molecule is CC(=O)Nc1ccc2c(c1)OC1(CC1)C2=O. The summed E-state index contributed by atoms with van der Waals surface area (Å²) in [7, 11) is 0. The quantitative estimate of drug-likeness (QED) is 0.779. The van der Waals surface area contributed by atoms with Crippen molar-refractivity contribution in [2.75, 3.05) is 5.32 Å². The number of anilines is 1. The molecule has 0 aromatic heterocycles.